The van der Waals surface area contributed by atoms with E-state index < -0.39 is 5.60 Å². The molecule has 1 aliphatic heterocycles. The van der Waals surface area contributed by atoms with Crippen molar-refractivity contribution >= 4 is 17.7 Å². The van der Waals surface area contributed by atoms with Crippen molar-refractivity contribution in [1.29, 1.82) is 0 Å². The number of amides is 1. The molecule has 0 aromatic carbocycles. The lowest BCUT2D eigenvalue weighted by molar-refractivity contribution is -0.119. The Morgan fingerprint density at radius 2 is 2.44 bits per heavy atom. The van der Waals surface area contributed by atoms with Crippen molar-refractivity contribution in [2.75, 3.05) is 31.3 Å². The van der Waals surface area contributed by atoms with Gasteiger partial charge in [0.05, 0.1) is 12.4 Å². The minimum Gasteiger partial charge on any atom is -0.386 e. The summed E-state index contributed by atoms with van der Waals surface area (Å²) in [6.45, 7) is 3.35. The lowest BCUT2D eigenvalue weighted by Crippen LogP contribution is -2.43. The molecule has 0 saturated carbocycles. The monoisotopic (exact) mass is 247 g/mol. The topological polar surface area (TPSA) is 58.6 Å². The van der Waals surface area contributed by atoms with E-state index in [-0.39, 0.29) is 5.91 Å². The molecule has 1 atom stereocenters. The van der Waals surface area contributed by atoms with Crippen LogP contribution in [-0.2, 0) is 9.53 Å². The van der Waals surface area contributed by atoms with Crippen molar-refractivity contribution < 1.29 is 14.6 Å². The molecule has 0 bridgehead atoms. The molecule has 1 rings (SSSR count). The number of ether oxygens (including phenoxy) is 1. The SMILES string of the molecule is CCCCSCC(=O)NCC1(O)CCOC1. The molecule has 0 aromatic rings. The van der Waals surface area contributed by atoms with Crippen LogP contribution in [0.2, 0.25) is 0 Å². The Balaban J connectivity index is 2.05. The maximum Gasteiger partial charge on any atom is 0.230 e. The van der Waals surface area contributed by atoms with Crippen LogP contribution in [-0.4, -0.2) is 47.9 Å². The smallest absolute Gasteiger partial charge is 0.230 e. The lowest BCUT2D eigenvalue weighted by atomic mass is 10.0. The summed E-state index contributed by atoms with van der Waals surface area (Å²) in [5.41, 5.74) is -0.844. The van der Waals surface area contributed by atoms with Crippen molar-refractivity contribution in [1.82, 2.24) is 5.32 Å². The minimum atomic E-state index is -0.844. The summed E-state index contributed by atoms with van der Waals surface area (Å²) in [7, 11) is 0. The van der Waals surface area contributed by atoms with E-state index in [2.05, 4.69) is 12.2 Å². The summed E-state index contributed by atoms with van der Waals surface area (Å²) in [6, 6.07) is 0. The van der Waals surface area contributed by atoms with Crippen LogP contribution in [0.25, 0.3) is 0 Å². The predicted octanol–water partition coefficient (Wildman–Crippen LogP) is 0.787. The number of aliphatic hydroxyl groups is 1. The number of hydrogen-bond donors (Lipinski definition) is 2. The molecule has 1 fully saturated rings. The van der Waals surface area contributed by atoms with Crippen LogP contribution in [0.15, 0.2) is 0 Å². The summed E-state index contributed by atoms with van der Waals surface area (Å²) < 4.78 is 5.10. The summed E-state index contributed by atoms with van der Waals surface area (Å²) in [5, 5.41) is 12.7. The fourth-order valence-corrected chi connectivity index (χ4v) is 2.39. The second-order valence-electron chi connectivity index (χ2n) is 4.21. The van der Waals surface area contributed by atoms with E-state index in [0.29, 0.717) is 31.9 Å². The van der Waals surface area contributed by atoms with Gasteiger partial charge in [0.15, 0.2) is 0 Å². The molecule has 1 unspecified atom stereocenters. The third-order valence-electron chi connectivity index (χ3n) is 2.57. The normalized spacial score (nSPS) is 24.6. The Morgan fingerprint density at radius 1 is 1.62 bits per heavy atom. The Hall–Kier alpha value is -0.260. The zero-order valence-corrected chi connectivity index (χ0v) is 10.6. The number of nitrogens with one attached hydrogen (secondary N) is 1. The van der Waals surface area contributed by atoms with Crippen LogP contribution in [0.1, 0.15) is 26.2 Å². The van der Waals surface area contributed by atoms with Crippen molar-refractivity contribution in [2.24, 2.45) is 0 Å². The summed E-state index contributed by atoms with van der Waals surface area (Å²) >= 11 is 1.64. The third kappa shape index (κ3) is 5.18. The van der Waals surface area contributed by atoms with E-state index in [9.17, 15) is 9.90 Å². The van der Waals surface area contributed by atoms with Crippen LogP contribution in [0.3, 0.4) is 0 Å². The molecule has 5 heteroatoms. The molecule has 0 aliphatic carbocycles. The molecule has 1 saturated heterocycles. The number of unbranched alkanes of at least 4 members (excludes halogenated alkanes) is 1. The Morgan fingerprint density at radius 3 is 3.06 bits per heavy atom. The molecule has 4 nitrogen and oxygen atoms in total. The molecular formula is C11H21NO3S. The van der Waals surface area contributed by atoms with Gasteiger partial charge >= 0.3 is 0 Å². The van der Waals surface area contributed by atoms with E-state index in [4.69, 9.17) is 4.74 Å². The highest BCUT2D eigenvalue weighted by Crippen LogP contribution is 2.16. The summed E-state index contributed by atoms with van der Waals surface area (Å²) in [4.78, 5) is 11.4. The van der Waals surface area contributed by atoms with Gasteiger partial charge in [-0.2, -0.15) is 11.8 Å². The van der Waals surface area contributed by atoms with Crippen LogP contribution in [0.5, 0.6) is 0 Å². The highest BCUT2D eigenvalue weighted by Gasteiger charge is 2.32. The third-order valence-corrected chi connectivity index (χ3v) is 3.62. The van der Waals surface area contributed by atoms with E-state index in [1.54, 1.807) is 11.8 Å². The van der Waals surface area contributed by atoms with Gasteiger partial charge in [0.1, 0.15) is 5.60 Å². The fourth-order valence-electron chi connectivity index (χ4n) is 1.46. The quantitative estimate of drug-likeness (QED) is 0.653. The molecule has 2 N–H and O–H groups in total. The first-order valence-corrected chi connectivity index (χ1v) is 6.96. The van der Waals surface area contributed by atoms with Crippen molar-refractivity contribution in [3.63, 3.8) is 0 Å². The minimum absolute atomic E-state index is 0.00132. The zero-order chi connectivity index (χ0) is 11.9. The highest BCUT2D eigenvalue weighted by molar-refractivity contribution is 7.99. The lowest BCUT2D eigenvalue weighted by Gasteiger charge is -2.20. The molecule has 0 spiro atoms. The van der Waals surface area contributed by atoms with Crippen LogP contribution in [0, 0.1) is 0 Å². The average Bonchev–Trinajstić information content (AvgIpc) is 2.70. The average molecular weight is 247 g/mol. The van der Waals surface area contributed by atoms with E-state index in [0.717, 1.165) is 18.6 Å². The Kier molecular flexibility index (Phi) is 6.16. The van der Waals surface area contributed by atoms with Gasteiger partial charge in [-0.05, 0) is 12.2 Å². The van der Waals surface area contributed by atoms with Gasteiger partial charge in [0.25, 0.3) is 0 Å². The molecule has 1 amide bonds. The van der Waals surface area contributed by atoms with Crippen LogP contribution >= 0.6 is 11.8 Å². The molecule has 1 heterocycles. The molecule has 0 radical (unpaired) electrons. The number of hydrogen-bond acceptors (Lipinski definition) is 4. The summed E-state index contributed by atoms with van der Waals surface area (Å²) in [5.74, 6) is 1.51. The van der Waals surface area contributed by atoms with Gasteiger partial charge in [0.2, 0.25) is 5.91 Å². The standard InChI is InChI=1S/C11H21NO3S/c1-2-3-6-16-7-10(13)12-8-11(14)4-5-15-9-11/h14H,2-9H2,1H3,(H,12,13). The molecule has 94 valence electrons. The maximum absolute atomic E-state index is 11.4. The second kappa shape index (κ2) is 7.14. The van der Waals surface area contributed by atoms with Crippen molar-refractivity contribution in [2.45, 2.75) is 31.8 Å². The Labute approximate surface area is 101 Å². The predicted molar refractivity (Wildman–Crippen MR) is 65.6 cm³/mol. The van der Waals surface area contributed by atoms with Gasteiger partial charge in [-0.25, -0.2) is 0 Å². The first kappa shape index (κ1) is 13.8. The van der Waals surface area contributed by atoms with Gasteiger partial charge in [-0.3, -0.25) is 4.79 Å². The summed E-state index contributed by atoms with van der Waals surface area (Å²) in [6.07, 6.45) is 2.91. The second-order valence-corrected chi connectivity index (χ2v) is 5.31. The zero-order valence-electron chi connectivity index (χ0n) is 9.83. The molecule has 1 aliphatic rings. The van der Waals surface area contributed by atoms with E-state index in [1.165, 1.54) is 0 Å². The Bertz CT molecular complexity index is 217. The molecule has 0 aromatic heterocycles. The number of thioether (sulfide) groups is 1. The van der Waals surface area contributed by atoms with Gasteiger partial charge in [-0.1, -0.05) is 13.3 Å². The van der Waals surface area contributed by atoms with E-state index >= 15 is 0 Å². The highest BCUT2D eigenvalue weighted by atomic mass is 32.2. The number of carbonyl (C=O) groups is 1. The van der Waals surface area contributed by atoms with Crippen LogP contribution < -0.4 is 5.32 Å². The maximum atomic E-state index is 11.4. The van der Waals surface area contributed by atoms with Crippen molar-refractivity contribution in [3.8, 4) is 0 Å². The van der Waals surface area contributed by atoms with Gasteiger partial charge in [0, 0.05) is 19.6 Å². The fraction of sp³-hybridized carbons (Fsp3) is 0.909. The largest absolute Gasteiger partial charge is 0.386 e. The first-order chi connectivity index (χ1) is 7.66. The van der Waals surface area contributed by atoms with E-state index in [1.807, 2.05) is 0 Å². The van der Waals surface area contributed by atoms with Gasteiger partial charge < -0.3 is 15.2 Å². The van der Waals surface area contributed by atoms with Crippen molar-refractivity contribution in [3.05, 3.63) is 0 Å². The molecule has 16 heavy (non-hydrogen) atoms. The van der Waals surface area contributed by atoms with Crippen LogP contribution in [0.4, 0.5) is 0 Å². The van der Waals surface area contributed by atoms with Gasteiger partial charge in [-0.15, -0.1) is 0 Å². The number of rotatable bonds is 7. The number of carbonyl (C=O) groups excluding carboxylic acids is 1. The molecular weight excluding hydrogens is 226 g/mol. The first-order valence-electron chi connectivity index (χ1n) is 5.81.